The van der Waals surface area contributed by atoms with E-state index in [0.29, 0.717) is 18.6 Å². The number of aromatic nitrogens is 2. The quantitative estimate of drug-likeness (QED) is 0.769. The molecule has 0 saturated carbocycles. The van der Waals surface area contributed by atoms with Crippen LogP contribution in [0.25, 0.3) is 11.0 Å². The van der Waals surface area contributed by atoms with E-state index in [-0.39, 0.29) is 16.0 Å². The molecule has 1 aliphatic rings. The molecule has 6 nitrogen and oxygen atoms in total. The normalized spacial score (nSPS) is 17.1. The minimum Gasteiger partial charge on any atom is -0.295 e. The number of nitrogens with zero attached hydrogens (tertiary/aromatic N) is 3. The molecule has 1 aromatic heterocycles. The van der Waals surface area contributed by atoms with Crippen molar-refractivity contribution in [2.75, 3.05) is 13.1 Å². The standard InChI is InChI=1S/C18H25N3O3S/c1-18(2,3)13-8-10-21(11-9-13)25(23,24)14-6-7-15-16(12-14)20(5)17(22)19(15)4/h6-8,12H,9-11H2,1-5H3. The van der Waals surface area contributed by atoms with Crippen LogP contribution in [0.3, 0.4) is 0 Å². The van der Waals surface area contributed by atoms with Crippen LogP contribution in [0, 0.1) is 5.41 Å². The molecule has 0 spiro atoms. The first-order valence-corrected chi connectivity index (χ1v) is 9.82. The van der Waals surface area contributed by atoms with Crippen LogP contribution in [0.1, 0.15) is 27.2 Å². The van der Waals surface area contributed by atoms with Crippen molar-refractivity contribution in [2.24, 2.45) is 19.5 Å². The first kappa shape index (κ1) is 17.9. The Hall–Kier alpha value is -1.86. The lowest BCUT2D eigenvalue weighted by atomic mass is 9.83. The molecule has 136 valence electrons. The van der Waals surface area contributed by atoms with Crippen LogP contribution in [-0.4, -0.2) is 34.9 Å². The van der Waals surface area contributed by atoms with Gasteiger partial charge in [-0.2, -0.15) is 4.31 Å². The Kier molecular flexibility index (Phi) is 4.20. The first-order chi connectivity index (χ1) is 11.5. The van der Waals surface area contributed by atoms with Gasteiger partial charge in [-0.05, 0) is 30.0 Å². The number of sulfonamides is 1. The van der Waals surface area contributed by atoms with Crippen LogP contribution in [0.4, 0.5) is 0 Å². The average Bonchev–Trinajstić information content (AvgIpc) is 2.78. The summed E-state index contributed by atoms with van der Waals surface area (Å²) in [6, 6.07) is 4.87. The number of fused-ring (bicyclic) bond motifs is 1. The maximum Gasteiger partial charge on any atom is 0.328 e. The van der Waals surface area contributed by atoms with Crippen molar-refractivity contribution in [3.05, 3.63) is 40.3 Å². The molecule has 1 aromatic carbocycles. The van der Waals surface area contributed by atoms with Crippen LogP contribution in [0.15, 0.2) is 39.5 Å². The zero-order valence-corrected chi connectivity index (χ0v) is 16.2. The molecule has 0 atom stereocenters. The van der Waals surface area contributed by atoms with Crippen LogP contribution in [-0.2, 0) is 24.1 Å². The zero-order valence-electron chi connectivity index (χ0n) is 15.4. The molecule has 0 amide bonds. The Morgan fingerprint density at radius 3 is 2.24 bits per heavy atom. The molecule has 25 heavy (non-hydrogen) atoms. The summed E-state index contributed by atoms with van der Waals surface area (Å²) < 4.78 is 30.5. The van der Waals surface area contributed by atoms with Crippen LogP contribution >= 0.6 is 0 Å². The molecule has 0 saturated heterocycles. The van der Waals surface area contributed by atoms with E-state index in [0.717, 1.165) is 11.9 Å². The highest BCUT2D eigenvalue weighted by Crippen LogP contribution is 2.32. The third-order valence-electron chi connectivity index (χ3n) is 5.02. The molecule has 0 aliphatic carbocycles. The van der Waals surface area contributed by atoms with E-state index < -0.39 is 10.0 Å². The van der Waals surface area contributed by atoms with Crippen molar-refractivity contribution in [2.45, 2.75) is 32.1 Å². The van der Waals surface area contributed by atoms with Gasteiger partial charge in [0.25, 0.3) is 0 Å². The van der Waals surface area contributed by atoms with Gasteiger partial charge >= 0.3 is 5.69 Å². The second kappa shape index (κ2) is 5.85. The lowest BCUT2D eigenvalue weighted by molar-refractivity contribution is 0.389. The lowest BCUT2D eigenvalue weighted by Gasteiger charge is -2.31. The summed E-state index contributed by atoms with van der Waals surface area (Å²) in [5.74, 6) is 0. The number of benzene rings is 1. The number of aryl methyl sites for hydroxylation is 2. The van der Waals surface area contributed by atoms with E-state index in [1.54, 1.807) is 32.3 Å². The van der Waals surface area contributed by atoms with Gasteiger partial charge in [-0.25, -0.2) is 13.2 Å². The smallest absolute Gasteiger partial charge is 0.295 e. The van der Waals surface area contributed by atoms with E-state index in [1.807, 2.05) is 6.08 Å². The third kappa shape index (κ3) is 2.95. The summed E-state index contributed by atoms with van der Waals surface area (Å²) in [5, 5.41) is 0. The van der Waals surface area contributed by atoms with Crippen molar-refractivity contribution in [1.82, 2.24) is 13.4 Å². The highest BCUT2D eigenvalue weighted by Gasteiger charge is 2.29. The first-order valence-electron chi connectivity index (χ1n) is 8.38. The Morgan fingerprint density at radius 2 is 1.68 bits per heavy atom. The molecule has 1 aliphatic heterocycles. The third-order valence-corrected chi connectivity index (χ3v) is 6.88. The summed E-state index contributed by atoms with van der Waals surface area (Å²) in [7, 11) is -0.243. The van der Waals surface area contributed by atoms with Crippen molar-refractivity contribution in [1.29, 1.82) is 0 Å². The fourth-order valence-corrected chi connectivity index (χ4v) is 4.75. The SMILES string of the molecule is Cn1c(=O)n(C)c2cc(S(=O)(=O)N3CC=C(C(C)(C)C)CC3)ccc21. The molecule has 0 radical (unpaired) electrons. The maximum absolute atomic E-state index is 13.0. The number of hydrogen-bond donors (Lipinski definition) is 0. The molecule has 0 fully saturated rings. The van der Waals surface area contributed by atoms with E-state index in [4.69, 9.17) is 0 Å². The Morgan fingerprint density at radius 1 is 1.04 bits per heavy atom. The van der Waals surface area contributed by atoms with E-state index >= 15 is 0 Å². The fourth-order valence-electron chi connectivity index (χ4n) is 3.35. The molecule has 2 heterocycles. The second-order valence-corrected chi connectivity index (χ2v) is 9.58. The summed E-state index contributed by atoms with van der Waals surface area (Å²) in [6.07, 6.45) is 2.77. The minimum atomic E-state index is -3.58. The lowest BCUT2D eigenvalue weighted by Crippen LogP contribution is -2.36. The molecular formula is C18H25N3O3S. The van der Waals surface area contributed by atoms with Gasteiger partial charge in [0.2, 0.25) is 10.0 Å². The zero-order chi connectivity index (χ0) is 18.6. The number of rotatable bonds is 2. The topological polar surface area (TPSA) is 64.3 Å². The molecule has 0 N–H and O–H groups in total. The predicted molar refractivity (Wildman–Crippen MR) is 99.1 cm³/mol. The largest absolute Gasteiger partial charge is 0.328 e. The van der Waals surface area contributed by atoms with Gasteiger partial charge in [0.1, 0.15) is 0 Å². The maximum atomic E-state index is 13.0. The summed E-state index contributed by atoms with van der Waals surface area (Å²) in [5.41, 5.74) is 2.54. The minimum absolute atomic E-state index is 0.0665. The van der Waals surface area contributed by atoms with Crippen LogP contribution in [0.5, 0.6) is 0 Å². The van der Waals surface area contributed by atoms with E-state index in [2.05, 4.69) is 20.8 Å². The highest BCUT2D eigenvalue weighted by atomic mass is 32.2. The van der Waals surface area contributed by atoms with Gasteiger partial charge < -0.3 is 0 Å². The van der Waals surface area contributed by atoms with Gasteiger partial charge in [-0.1, -0.05) is 32.4 Å². The monoisotopic (exact) mass is 363 g/mol. The van der Waals surface area contributed by atoms with Crippen molar-refractivity contribution in [3.8, 4) is 0 Å². The van der Waals surface area contributed by atoms with Crippen molar-refractivity contribution in [3.63, 3.8) is 0 Å². The average molecular weight is 363 g/mol. The summed E-state index contributed by atoms with van der Waals surface area (Å²) >= 11 is 0. The fraction of sp³-hybridized carbons (Fsp3) is 0.500. The van der Waals surface area contributed by atoms with Gasteiger partial charge in [0.05, 0.1) is 15.9 Å². The molecule has 3 rings (SSSR count). The van der Waals surface area contributed by atoms with E-state index in [1.165, 1.54) is 19.0 Å². The van der Waals surface area contributed by atoms with Gasteiger partial charge in [0, 0.05) is 27.2 Å². The second-order valence-electron chi connectivity index (χ2n) is 7.64. The number of hydrogen-bond acceptors (Lipinski definition) is 3. The van der Waals surface area contributed by atoms with Gasteiger partial charge in [-0.15, -0.1) is 0 Å². The van der Waals surface area contributed by atoms with Crippen LogP contribution < -0.4 is 5.69 Å². The molecule has 7 heteroatoms. The summed E-state index contributed by atoms with van der Waals surface area (Å²) in [6.45, 7) is 7.31. The number of imidazole rings is 1. The molecular weight excluding hydrogens is 338 g/mol. The molecule has 2 aromatic rings. The predicted octanol–water partition coefficient (Wildman–Crippen LogP) is 2.24. The Labute approximate surface area is 148 Å². The van der Waals surface area contributed by atoms with Crippen molar-refractivity contribution >= 4 is 21.1 Å². The van der Waals surface area contributed by atoms with Gasteiger partial charge in [-0.3, -0.25) is 9.13 Å². The van der Waals surface area contributed by atoms with Gasteiger partial charge in [0.15, 0.2) is 0 Å². The van der Waals surface area contributed by atoms with Crippen molar-refractivity contribution < 1.29 is 8.42 Å². The highest BCUT2D eigenvalue weighted by molar-refractivity contribution is 7.89. The Balaban J connectivity index is 1.99. The van der Waals surface area contributed by atoms with Crippen LogP contribution in [0.2, 0.25) is 0 Å². The molecule has 0 unspecified atom stereocenters. The summed E-state index contributed by atoms with van der Waals surface area (Å²) in [4.78, 5) is 12.3. The Bertz CT molecular complexity index is 1020. The molecule has 0 bridgehead atoms. The van der Waals surface area contributed by atoms with E-state index in [9.17, 15) is 13.2 Å².